The molecule has 1 aliphatic heterocycles. The molecule has 3 N–H and O–H groups in total. The first-order chi connectivity index (χ1) is 13.5. The zero-order valence-corrected chi connectivity index (χ0v) is 14.7. The predicted molar refractivity (Wildman–Crippen MR) is 89.6 cm³/mol. The molecule has 1 fully saturated rings. The summed E-state index contributed by atoms with van der Waals surface area (Å²) in [5.41, 5.74) is 6.25. The molecule has 12 heteroatoms. The number of carboxylic acid groups (broad SMARTS) is 1. The number of hydrogen-bond acceptors (Lipinski definition) is 5. The van der Waals surface area contributed by atoms with Crippen molar-refractivity contribution in [2.24, 2.45) is 5.73 Å². The van der Waals surface area contributed by atoms with Crippen molar-refractivity contribution >= 4 is 11.8 Å². The number of nitrogens with two attached hydrogens (primary N) is 1. The summed E-state index contributed by atoms with van der Waals surface area (Å²) in [6, 6.07) is 4.67. The van der Waals surface area contributed by atoms with E-state index < -0.39 is 35.6 Å². The van der Waals surface area contributed by atoms with Crippen LogP contribution < -0.4 is 10.6 Å². The number of piperidine rings is 1. The smallest absolute Gasteiger partial charge is 0.475 e. The van der Waals surface area contributed by atoms with E-state index in [4.69, 9.17) is 15.6 Å². The molecule has 2 heterocycles. The van der Waals surface area contributed by atoms with E-state index in [0.29, 0.717) is 31.4 Å². The highest BCUT2D eigenvalue weighted by Gasteiger charge is 2.38. The number of halogens is 6. The second-order valence-corrected chi connectivity index (χ2v) is 6.18. The summed E-state index contributed by atoms with van der Waals surface area (Å²) in [6.45, 7) is 1.04. The minimum absolute atomic E-state index is 0.130. The van der Waals surface area contributed by atoms with Gasteiger partial charge in [0, 0.05) is 37.3 Å². The first-order valence-electron chi connectivity index (χ1n) is 8.23. The fraction of sp³-hybridized carbons (Fsp3) is 0.353. The largest absolute Gasteiger partial charge is 0.490 e. The first-order valence-corrected chi connectivity index (χ1v) is 8.23. The zero-order valence-electron chi connectivity index (χ0n) is 14.7. The number of benzene rings is 1. The van der Waals surface area contributed by atoms with E-state index in [-0.39, 0.29) is 11.5 Å². The summed E-state index contributed by atoms with van der Waals surface area (Å²) in [7, 11) is 0. The van der Waals surface area contributed by atoms with Crippen LogP contribution in [0.2, 0.25) is 0 Å². The molecule has 1 aromatic carbocycles. The van der Waals surface area contributed by atoms with Crippen LogP contribution >= 0.6 is 0 Å². The summed E-state index contributed by atoms with van der Waals surface area (Å²) in [4.78, 5) is 10.8. The number of alkyl halides is 3. The Balaban J connectivity index is 0.000000370. The maximum Gasteiger partial charge on any atom is 0.490 e. The van der Waals surface area contributed by atoms with E-state index in [2.05, 4.69) is 10.2 Å². The molecule has 0 aliphatic carbocycles. The Bertz CT molecular complexity index is 850. The monoisotopic (exact) mass is 422 g/mol. The zero-order chi connectivity index (χ0) is 21.8. The average molecular weight is 422 g/mol. The van der Waals surface area contributed by atoms with Crippen molar-refractivity contribution in [2.75, 3.05) is 18.0 Å². The molecular formula is C17H16F6N4O2. The lowest BCUT2D eigenvalue weighted by Gasteiger charge is -2.37. The fourth-order valence-corrected chi connectivity index (χ4v) is 2.86. The Morgan fingerprint density at radius 1 is 1.17 bits per heavy atom. The molecule has 158 valence electrons. The topological polar surface area (TPSA) is 92.3 Å². The van der Waals surface area contributed by atoms with Crippen molar-refractivity contribution in [3.05, 3.63) is 53.5 Å². The van der Waals surface area contributed by atoms with Gasteiger partial charge in [-0.3, -0.25) is 0 Å². The van der Waals surface area contributed by atoms with Crippen LogP contribution in [0.25, 0.3) is 0 Å². The lowest BCUT2D eigenvalue weighted by Crippen LogP contribution is -2.48. The highest BCUT2D eigenvalue weighted by atomic mass is 19.4. The highest BCUT2D eigenvalue weighted by Crippen LogP contribution is 2.31. The molecule has 0 saturated carbocycles. The van der Waals surface area contributed by atoms with Crippen LogP contribution in [0.15, 0.2) is 30.5 Å². The van der Waals surface area contributed by atoms with Crippen molar-refractivity contribution in [1.82, 2.24) is 10.2 Å². The molecule has 0 amide bonds. The number of rotatable bonds is 2. The Morgan fingerprint density at radius 3 is 2.31 bits per heavy atom. The number of aliphatic carboxylic acids is 1. The lowest BCUT2D eigenvalue weighted by molar-refractivity contribution is -0.192. The van der Waals surface area contributed by atoms with Crippen LogP contribution in [0.5, 0.6) is 0 Å². The maximum atomic E-state index is 13.9. The third kappa shape index (κ3) is 5.79. The number of hydrogen-bond donors (Lipinski definition) is 2. The van der Waals surface area contributed by atoms with E-state index in [1.54, 1.807) is 12.3 Å². The second-order valence-electron chi connectivity index (χ2n) is 6.18. The van der Waals surface area contributed by atoms with Gasteiger partial charge in [0.15, 0.2) is 17.5 Å². The van der Waals surface area contributed by atoms with E-state index in [1.807, 2.05) is 11.0 Å². The normalized spacial score (nSPS) is 19.3. The summed E-state index contributed by atoms with van der Waals surface area (Å²) in [5, 5.41) is 15.0. The van der Waals surface area contributed by atoms with E-state index in [1.165, 1.54) is 0 Å². The van der Waals surface area contributed by atoms with Crippen LogP contribution in [-0.2, 0) is 4.79 Å². The fourth-order valence-electron chi connectivity index (χ4n) is 2.86. The predicted octanol–water partition coefficient (Wildman–Crippen LogP) is 2.85. The number of anilines is 1. The summed E-state index contributed by atoms with van der Waals surface area (Å²) < 4.78 is 72.1. The van der Waals surface area contributed by atoms with Gasteiger partial charge in [-0.2, -0.15) is 18.3 Å². The molecule has 0 bridgehead atoms. The number of nitrogens with zero attached hydrogens (tertiary/aromatic N) is 3. The third-order valence-electron chi connectivity index (χ3n) is 4.22. The lowest BCUT2D eigenvalue weighted by atomic mass is 9.85. The molecule has 0 unspecified atom stereocenters. The van der Waals surface area contributed by atoms with Crippen molar-refractivity contribution in [3.63, 3.8) is 0 Å². The molecule has 0 spiro atoms. The van der Waals surface area contributed by atoms with Gasteiger partial charge in [-0.15, -0.1) is 5.10 Å². The first kappa shape index (κ1) is 22.4. The number of carboxylic acids is 1. The minimum atomic E-state index is -5.08. The molecule has 6 nitrogen and oxygen atoms in total. The molecule has 1 aromatic heterocycles. The van der Waals surface area contributed by atoms with Gasteiger partial charge in [0.2, 0.25) is 0 Å². The molecule has 1 aliphatic rings. The Hall–Kier alpha value is -2.89. The van der Waals surface area contributed by atoms with Gasteiger partial charge in [0.05, 0.1) is 0 Å². The second kappa shape index (κ2) is 9.07. The van der Waals surface area contributed by atoms with Crippen LogP contribution in [0.1, 0.15) is 17.9 Å². The molecule has 0 radical (unpaired) electrons. The third-order valence-corrected chi connectivity index (χ3v) is 4.22. The van der Waals surface area contributed by atoms with Gasteiger partial charge in [0.25, 0.3) is 0 Å². The average Bonchev–Trinajstić information content (AvgIpc) is 2.65. The molecule has 1 saturated heterocycles. The highest BCUT2D eigenvalue weighted by molar-refractivity contribution is 5.73. The van der Waals surface area contributed by atoms with Crippen molar-refractivity contribution in [2.45, 2.75) is 24.6 Å². The molecule has 2 atom stereocenters. The quantitative estimate of drug-likeness (QED) is 0.571. The molecule has 2 aromatic rings. The Morgan fingerprint density at radius 2 is 1.79 bits per heavy atom. The van der Waals surface area contributed by atoms with Gasteiger partial charge >= 0.3 is 12.1 Å². The van der Waals surface area contributed by atoms with Crippen LogP contribution in [0.3, 0.4) is 0 Å². The van der Waals surface area contributed by atoms with Crippen molar-refractivity contribution in [1.29, 1.82) is 0 Å². The van der Waals surface area contributed by atoms with Gasteiger partial charge in [-0.25, -0.2) is 18.0 Å². The standard InChI is InChI=1S/C15H15F3N4.C2HF3O2/c16-11-7-13(18)12(17)6-10(11)9-3-5-22(8-14(9)19)15-2-1-4-20-21-15;3-2(4,5)1(6)7/h1-2,4,6-7,9,14H,3,5,8,19H2;(H,6,7)/t9-,14+;/m1./s1. The van der Waals surface area contributed by atoms with Crippen molar-refractivity contribution < 1.29 is 36.2 Å². The Labute approximate surface area is 160 Å². The molecular weight excluding hydrogens is 406 g/mol. The Kier molecular flexibility index (Phi) is 7.01. The van der Waals surface area contributed by atoms with Crippen LogP contribution in [-0.4, -0.2) is 46.6 Å². The van der Waals surface area contributed by atoms with E-state index >= 15 is 0 Å². The minimum Gasteiger partial charge on any atom is -0.475 e. The van der Waals surface area contributed by atoms with Gasteiger partial charge < -0.3 is 15.7 Å². The summed E-state index contributed by atoms with van der Waals surface area (Å²) >= 11 is 0. The van der Waals surface area contributed by atoms with Crippen LogP contribution in [0, 0.1) is 17.5 Å². The SMILES string of the molecule is N[C@H]1CN(c2cccnn2)CC[C@@H]1c1cc(F)c(F)cc1F.O=C(O)C(F)(F)F. The number of aromatic nitrogens is 2. The van der Waals surface area contributed by atoms with Gasteiger partial charge in [-0.05, 0) is 30.2 Å². The molecule has 3 rings (SSSR count). The van der Waals surface area contributed by atoms with Crippen LogP contribution in [0.4, 0.5) is 32.2 Å². The molecule has 29 heavy (non-hydrogen) atoms. The number of carbonyl (C=O) groups is 1. The summed E-state index contributed by atoms with van der Waals surface area (Å²) in [6.07, 6.45) is -2.98. The van der Waals surface area contributed by atoms with E-state index in [9.17, 15) is 26.3 Å². The van der Waals surface area contributed by atoms with Gasteiger partial charge in [-0.1, -0.05) is 0 Å². The maximum absolute atomic E-state index is 13.9. The summed E-state index contributed by atoms with van der Waals surface area (Å²) in [5.74, 6) is -5.42. The van der Waals surface area contributed by atoms with Gasteiger partial charge in [0.1, 0.15) is 5.82 Å². The van der Waals surface area contributed by atoms with Crippen molar-refractivity contribution in [3.8, 4) is 0 Å². The van der Waals surface area contributed by atoms with E-state index in [0.717, 1.165) is 6.07 Å².